The van der Waals surface area contributed by atoms with E-state index in [1.165, 1.54) is 32.5 Å². The SMILES string of the molecule is Cl.O=C(NCCCC1CN2CCC1CC2)c1n[nH]c2ccccc2c1=O. The van der Waals surface area contributed by atoms with Crippen LogP contribution in [-0.4, -0.2) is 47.2 Å². The lowest BCUT2D eigenvalue weighted by molar-refractivity contribution is 0.0457. The van der Waals surface area contributed by atoms with E-state index in [0.717, 1.165) is 24.7 Å². The molecule has 2 aromatic rings. The summed E-state index contributed by atoms with van der Waals surface area (Å²) in [5.41, 5.74) is 0.275. The number of halogens is 1. The van der Waals surface area contributed by atoms with Crippen LogP contribution in [0.5, 0.6) is 0 Å². The predicted octanol–water partition coefficient (Wildman–Crippen LogP) is 2.20. The fraction of sp³-hybridized carbons (Fsp3) is 0.526. The lowest BCUT2D eigenvalue weighted by atomic mass is 9.77. The first-order valence-electron chi connectivity index (χ1n) is 9.20. The number of carbonyl (C=O) groups excluding carboxylic acids is 1. The molecule has 7 heteroatoms. The van der Waals surface area contributed by atoms with E-state index >= 15 is 0 Å². The van der Waals surface area contributed by atoms with E-state index in [1.807, 2.05) is 6.07 Å². The number of carbonyl (C=O) groups is 1. The third-order valence-corrected chi connectivity index (χ3v) is 5.72. The Kier molecular flexibility index (Phi) is 5.94. The summed E-state index contributed by atoms with van der Waals surface area (Å²) in [6.07, 6.45) is 4.75. The number of hydrogen-bond acceptors (Lipinski definition) is 4. The Morgan fingerprint density at radius 1 is 1.27 bits per heavy atom. The summed E-state index contributed by atoms with van der Waals surface area (Å²) < 4.78 is 0. The molecule has 1 atom stereocenters. The summed E-state index contributed by atoms with van der Waals surface area (Å²) >= 11 is 0. The molecule has 3 aliphatic rings. The van der Waals surface area contributed by atoms with Crippen molar-refractivity contribution in [1.82, 2.24) is 20.4 Å². The van der Waals surface area contributed by atoms with Gasteiger partial charge in [-0.25, -0.2) is 0 Å². The molecule has 2 bridgehead atoms. The molecule has 2 N–H and O–H groups in total. The second kappa shape index (κ2) is 8.18. The van der Waals surface area contributed by atoms with Crippen LogP contribution in [0.1, 0.15) is 36.2 Å². The Bertz CT molecular complexity index is 830. The number of benzene rings is 1. The van der Waals surface area contributed by atoms with Gasteiger partial charge in [0.2, 0.25) is 5.43 Å². The van der Waals surface area contributed by atoms with E-state index in [2.05, 4.69) is 20.4 Å². The van der Waals surface area contributed by atoms with Gasteiger partial charge in [-0.15, -0.1) is 12.4 Å². The number of aromatic amines is 1. The molecule has 3 aliphatic heterocycles. The number of piperidine rings is 3. The monoisotopic (exact) mass is 376 g/mol. The molecule has 1 amide bonds. The molecule has 1 unspecified atom stereocenters. The van der Waals surface area contributed by atoms with Gasteiger partial charge in [0.05, 0.1) is 5.52 Å². The van der Waals surface area contributed by atoms with Gasteiger partial charge >= 0.3 is 0 Å². The van der Waals surface area contributed by atoms with Crippen molar-refractivity contribution in [2.24, 2.45) is 11.8 Å². The van der Waals surface area contributed by atoms with Crippen LogP contribution in [0.4, 0.5) is 0 Å². The summed E-state index contributed by atoms with van der Waals surface area (Å²) in [7, 11) is 0. The Balaban J connectivity index is 0.00000196. The maximum absolute atomic E-state index is 12.4. The minimum Gasteiger partial charge on any atom is -0.351 e. The maximum Gasteiger partial charge on any atom is 0.275 e. The first-order valence-corrected chi connectivity index (χ1v) is 9.20. The smallest absolute Gasteiger partial charge is 0.275 e. The van der Waals surface area contributed by atoms with Crippen molar-refractivity contribution >= 4 is 29.2 Å². The number of para-hydroxylation sites is 1. The highest BCUT2D eigenvalue weighted by atomic mass is 35.5. The van der Waals surface area contributed by atoms with Gasteiger partial charge in [-0.1, -0.05) is 12.1 Å². The number of hydrogen-bond donors (Lipinski definition) is 2. The highest BCUT2D eigenvalue weighted by molar-refractivity contribution is 5.95. The van der Waals surface area contributed by atoms with E-state index in [1.54, 1.807) is 18.2 Å². The van der Waals surface area contributed by atoms with Crippen LogP contribution in [0.15, 0.2) is 29.1 Å². The third-order valence-electron chi connectivity index (χ3n) is 5.72. The zero-order valence-corrected chi connectivity index (χ0v) is 15.6. The number of nitrogens with zero attached hydrogens (tertiary/aromatic N) is 2. The average molecular weight is 377 g/mol. The van der Waals surface area contributed by atoms with E-state index in [4.69, 9.17) is 0 Å². The lowest BCUT2D eigenvalue weighted by Crippen LogP contribution is -2.47. The van der Waals surface area contributed by atoms with Crippen molar-refractivity contribution in [1.29, 1.82) is 0 Å². The number of H-pyrrole nitrogens is 1. The topological polar surface area (TPSA) is 78.1 Å². The molecule has 140 valence electrons. The first kappa shape index (κ1) is 18.9. The summed E-state index contributed by atoms with van der Waals surface area (Å²) in [6.45, 7) is 4.32. The van der Waals surface area contributed by atoms with Crippen molar-refractivity contribution in [2.45, 2.75) is 25.7 Å². The van der Waals surface area contributed by atoms with E-state index in [-0.39, 0.29) is 29.4 Å². The van der Waals surface area contributed by atoms with Crippen molar-refractivity contribution in [3.63, 3.8) is 0 Å². The van der Waals surface area contributed by atoms with Crippen LogP contribution in [0, 0.1) is 11.8 Å². The van der Waals surface area contributed by atoms with Crippen molar-refractivity contribution in [3.8, 4) is 0 Å². The fourth-order valence-corrected chi connectivity index (χ4v) is 4.29. The summed E-state index contributed by atoms with van der Waals surface area (Å²) in [4.78, 5) is 27.2. The molecular weight excluding hydrogens is 352 g/mol. The van der Waals surface area contributed by atoms with Crippen LogP contribution >= 0.6 is 12.4 Å². The molecule has 1 aromatic heterocycles. The highest BCUT2D eigenvalue weighted by Crippen LogP contribution is 2.34. The molecule has 0 radical (unpaired) electrons. The normalized spacial score (nSPS) is 24.2. The number of rotatable bonds is 5. The van der Waals surface area contributed by atoms with Crippen LogP contribution in [0.2, 0.25) is 0 Å². The van der Waals surface area contributed by atoms with Crippen LogP contribution in [-0.2, 0) is 0 Å². The summed E-state index contributed by atoms with van der Waals surface area (Å²) in [5.74, 6) is 1.24. The Labute approximate surface area is 158 Å². The molecule has 1 aromatic carbocycles. The molecule has 0 saturated carbocycles. The van der Waals surface area contributed by atoms with Gasteiger partial charge in [-0.3, -0.25) is 14.7 Å². The average Bonchev–Trinajstić information content (AvgIpc) is 2.66. The van der Waals surface area contributed by atoms with E-state index in [0.29, 0.717) is 17.4 Å². The summed E-state index contributed by atoms with van der Waals surface area (Å²) in [6, 6.07) is 7.10. The van der Waals surface area contributed by atoms with Crippen molar-refractivity contribution in [2.75, 3.05) is 26.2 Å². The zero-order chi connectivity index (χ0) is 17.2. The molecule has 0 aliphatic carbocycles. The standard InChI is InChI=1S/C19H24N4O2.ClH/c24-18-15-5-1-2-6-16(15)21-22-17(18)19(25)20-9-3-4-14-12-23-10-7-13(14)8-11-23;/h1-2,5-6,13-14H,3-4,7-12H2,(H,20,25)(H,21,24);1H. The zero-order valence-electron chi connectivity index (χ0n) is 14.7. The van der Waals surface area contributed by atoms with Crippen LogP contribution < -0.4 is 10.7 Å². The second-order valence-electron chi connectivity index (χ2n) is 7.24. The largest absolute Gasteiger partial charge is 0.351 e. The lowest BCUT2D eigenvalue weighted by Gasteiger charge is -2.45. The van der Waals surface area contributed by atoms with Crippen molar-refractivity contribution < 1.29 is 4.79 Å². The van der Waals surface area contributed by atoms with Crippen LogP contribution in [0.25, 0.3) is 10.9 Å². The van der Waals surface area contributed by atoms with Gasteiger partial charge in [0.15, 0.2) is 5.69 Å². The predicted molar refractivity (Wildman–Crippen MR) is 104 cm³/mol. The third kappa shape index (κ3) is 3.76. The van der Waals surface area contributed by atoms with Gasteiger partial charge in [-0.05, 0) is 62.7 Å². The van der Waals surface area contributed by atoms with Gasteiger partial charge in [0.25, 0.3) is 5.91 Å². The number of amides is 1. The molecule has 3 fully saturated rings. The molecule has 6 nitrogen and oxygen atoms in total. The minimum absolute atomic E-state index is 0. The van der Waals surface area contributed by atoms with Gasteiger partial charge in [0, 0.05) is 18.5 Å². The number of fused-ring (bicyclic) bond motifs is 4. The Morgan fingerprint density at radius 3 is 2.77 bits per heavy atom. The van der Waals surface area contributed by atoms with Gasteiger partial charge in [-0.2, -0.15) is 5.10 Å². The quantitative estimate of drug-likeness (QED) is 0.784. The fourth-order valence-electron chi connectivity index (χ4n) is 4.29. The molecule has 3 saturated heterocycles. The van der Waals surface area contributed by atoms with E-state index in [9.17, 15) is 9.59 Å². The van der Waals surface area contributed by atoms with Crippen LogP contribution in [0.3, 0.4) is 0 Å². The highest BCUT2D eigenvalue weighted by Gasteiger charge is 2.33. The number of aromatic nitrogens is 2. The van der Waals surface area contributed by atoms with E-state index < -0.39 is 0 Å². The Hall–Kier alpha value is -1.92. The van der Waals surface area contributed by atoms with Crippen molar-refractivity contribution in [3.05, 3.63) is 40.2 Å². The minimum atomic E-state index is -0.388. The maximum atomic E-state index is 12.4. The van der Waals surface area contributed by atoms with Gasteiger partial charge in [0.1, 0.15) is 0 Å². The molecule has 4 heterocycles. The second-order valence-corrected chi connectivity index (χ2v) is 7.24. The first-order chi connectivity index (χ1) is 12.2. The summed E-state index contributed by atoms with van der Waals surface area (Å²) in [5, 5.41) is 10.1. The molecule has 26 heavy (non-hydrogen) atoms. The molecule has 0 spiro atoms. The number of nitrogens with one attached hydrogen (secondary N) is 2. The van der Waals surface area contributed by atoms with Gasteiger partial charge < -0.3 is 10.2 Å². The molecular formula is C19H25ClN4O2. The Morgan fingerprint density at radius 2 is 2.04 bits per heavy atom. The molecule has 5 rings (SSSR count).